The van der Waals surface area contributed by atoms with Crippen molar-refractivity contribution < 1.29 is 0 Å². The molecule has 2 nitrogen and oxygen atoms in total. The van der Waals surface area contributed by atoms with Gasteiger partial charge in [0.05, 0.1) is 5.69 Å². The molecule has 3 aliphatic heterocycles. The largest absolute Gasteiger partial charge is 0.375 e. The normalized spacial score (nSPS) is 16.0. The highest BCUT2D eigenvalue weighted by molar-refractivity contribution is 8.05. The number of para-hydroxylation sites is 1. The second-order valence-corrected chi connectivity index (χ2v) is 23.0. The molecule has 0 amide bonds. The van der Waals surface area contributed by atoms with Crippen molar-refractivity contribution >= 4 is 69.3 Å². The zero-order valence-electron chi connectivity index (χ0n) is 37.8. The van der Waals surface area contributed by atoms with Crippen molar-refractivity contribution in [1.29, 1.82) is 0 Å². The van der Waals surface area contributed by atoms with Gasteiger partial charge in [-0.05, 0) is 109 Å². The van der Waals surface area contributed by atoms with Gasteiger partial charge in [-0.15, -0.1) is 0 Å². The first-order valence-electron chi connectivity index (χ1n) is 23.1. The Kier molecular flexibility index (Phi) is 7.52. The third kappa shape index (κ3) is 4.91. The molecule has 0 saturated carbocycles. The summed E-state index contributed by atoms with van der Waals surface area (Å²) in [4.78, 5) is 7.98. The second kappa shape index (κ2) is 12.8. The lowest BCUT2D eigenvalue weighted by Crippen LogP contribution is -2.57. The van der Waals surface area contributed by atoms with Gasteiger partial charge in [0, 0.05) is 75.1 Å². The minimum atomic E-state index is -0.215. The number of hydrogen-bond acceptors (Lipinski definition) is 3. The van der Waals surface area contributed by atoms with Crippen molar-refractivity contribution in [2.45, 2.75) is 84.3 Å². The molecule has 9 aromatic rings. The molecule has 0 radical (unpaired) electrons. The summed E-state index contributed by atoms with van der Waals surface area (Å²) in [6.45, 7) is 16.8. The van der Waals surface area contributed by atoms with Crippen LogP contribution in [0.25, 0.3) is 55.5 Å². The molecule has 0 unspecified atom stereocenters. The van der Waals surface area contributed by atoms with Gasteiger partial charge >= 0.3 is 6.85 Å². The first-order chi connectivity index (χ1) is 31.4. The number of rotatable bonds is 2. The van der Waals surface area contributed by atoms with Crippen molar-refractivity contribution in [3.8, 4) is 44.6 Å². The molecule has 14 rings (SSSR count). The molecule has 5 aliphatic rings. The van der Waals surface area contributed by atoms with Crippen LogP contribution in [0.4, 0.5) is 17.1 Å². The molecule has 4 heterocycles. The predicted molar refractivity (Wildman–Crippen MR) is 276 cm³/mol. The van der Waals surface area contributed by atoms with Gasteiger partial charge < -0.3 is 9.38 Å². The van der Waals surface area contributed by atoms with Crippen LogP contribution in [-0.2, 0) is 16.2 Å². The molecule has 0 bridgehead atoms. The molecule has 1 aromatic heterocycles. The molecule has 0 fully saturated rings. The van der Waals surface area contributed by atoms with E-state index in [0.29, 0.717) is 0 Å². The number of aromatic nitrogens is 1. The van der Waals surface area contributed by atoms with E-state index in [1.54, 1.807) is 0 Å². The monoisotopic (exact) mass is 870 g/mol. The third-order valence-corrected chi connectivity index (χ3v) is 18.0. The molecular formula is C60H47BN2S2. The Bertz CT molecular complexity index is 3610. The van der Waals surface area contributed by atoms with Gasteiger partial charge in [-0.3, -0.25) is 0 Å². The summed E-state index contributed by atoms with van der Waals surface area (Å²) in [5.74, 6) is 0. The lowest BCUT2D eigenvalue weighted by atomic mass is 9.44. The third-order valence-electron chi connectivity index (χ3n) is 15.5. The van der Waals surface area contributed by atoms with E-state index in [2.05, 4.69) is 216 Å². The van der Waals surface area contributed by atoms with E-state index in [-0.39, 0.29) is 23.1 Å². The van der Waals surface area contributed by atoms with Crippen molar-refractivity contribution in [1.82, 2.24) is 4.48 Å². The summed E-state index contributed by atoms with van der Waals surface area (Å²) in [7, 11) is 0. The number of hydrogen-bond donors (Lipinski definition) is 0. The van der Waals surface area contributed by atoms with Gasteiger partial charge in [0.1, 0.15) is 0 Å². The zero-order chi connectivity index (χ0) is 43.9. The second-order valence-electron chi connectivity index (χ2n) is 20.8. The van der Waals surface area contributed by atoms with Crippen molar-refractivity contribution in [2.75, 3.05) is 4.90 Å². The predicted octanol–water partition coefficient (Wildman–Crippen LogP) is 15.3. The van der Waals surface area contributed by atoms with Crippen LogP contribution in [-0.4, -0.2) is 11.3 Å². The summed E-state index contributed by atoms with van der Waals surface area (Å²) in [5.41, 5.74) is 25.2. The SMILES string of the molecule is CC(C)(C)c1ccc(N2c3cc4c(cc3B3c5c2cc2c(c5-c5cccc6c7c(n3c56)-c3ccccc3C7(C)C)C(C)(C)c3ccccc3-2)Sc2ccccc2S4)c(-c2ccccc2)c1. The Labute approximate surface area is 390 Å². The van der Waals surface area contributed by atoms with Crippen molar-refractivity contribution in [2.24, 2.45) is 0 Å². The number of benzene rings is 8. The van der Waals surface area contributed by atoms with Crippen LogP contribution in [0.1, 0.15) is 76.3 Å². The zero-order valence-corrected chi connectivity index (χ0v) is 39.4. The fourth-order valence-corrected chi connectivity index (χ4v) is 14.9. The molecule has 8 aromatic carbocycles. The quantitative estimate of drug-likeness (QED) is 0.160. The highest BCUT2D eigenvalue weighted by Gasteiger charge is 2.51. The summed E-state index contributed by atoms with van der Waals surface area (Å²) in [5, 5.41) is 1.38. The van der Waals surface area contributed by atoms with E-state index >= 15 is 0 Å². The van der Waals surface area contributed by atoms with Crippen molar-refractivity contribution in [3.05, 3.63) is 186 Å². The van der Waals surface area contributed by atoms with Crippen LogP contribution in [0.3, 0.4) is 0 Å². The first kappa shape index (κ1) is 38.2. The van der Waals surface area contributed by atoms with E-state index in [1.165, 1.54) is 131 Å². The Morgan fingerprint density at radius 2 is 1.12 bits per heavy atom. The highest BCUT2D eigenvalue weighted by Crippen LogP contribution is 2.61. The van der Waals surface area contributed by atoms with Crippen LogP contribution in [0.2, 0.25) is 0 Å². The van der Waals surface area contributed by atoms with Gasteiger partial charge in [-0.25, -0.2) is 0 Å². The minimum absolute atomic E-state index is 0.0245. The molecule has 0 saturated heterocycles. The van der Waals surface area contributed by atoms with Gasteiger partial charge in [0.25, 0.3) is 0 Å². The Balaban J connectivity index is 1.18. The average Bonchev–Trinajstić information content (AvgIpc) is 3.87. The minimum Gasteiger partial charge on any atom is -0.375 e. The van der Waals surface area contributed by atoms with Crippen LogP contribution >= 0.6 is 23.5 Å². The fraction of sp³-hybridized carbons (Fsp3) is 0.167. The molecular weight excluding hydrogens is 824 g/mol. The smallest absolute Gasteiger partial charge is 0.333 e. The maximum Gasteiger partial charge on any atom is 0.333 e. The Morgan fingerprint density at radius 3 is 1.86 bits per heavy atom. The van der Waals surface area contributed by atoms with Crippen LogP contribution in [0.5, 0.6) is 0 Å². The van der Waals surface area contributed by atoms with Crippen LogP contribution in [0.15, 0.2) is 177 Å². The van der Waals surface area contributed by atoms with E-state index in [1.807, 2.05) is 23.5 Å². The van der Waals surface area contributed by atoms with Gasteiger partial charge in [0.2, 0.25) is 0 Å². The van der Waals surface area contributed by atoms with Gasteiger partial charge in [-0.1, -0.05) is 187 Å². The molecule has 65 heavy (non-hydrogen) atoms. The van der Waals surface area contributed by atoms with E-state index < -0.39 is 0 Å². The summed E-state index contributed by atoms with van der Waals surface area (Å²) in [6.07, 6.45) is 0. The van der Waals surface area contributed by atoms with Gasteiger partial charge in [-0.2, -0.15) is 0 Å². The summed E-state index contributed by atoms with van der Waals surface area (Å²) >= 11 is 3.85. The van der Waals surface area contributed by atoms with Crippen LogP contribution < -0.4 is 15.8 Å². The molecule has 2 aliphatic carbocycles. The number of nitrogens with zero attached hydrogens (tertiary/aromatic N) is 2. The van der Waals surface area contributed by atoms with E-state index in [4.69, 9.17) is 0 Å². The number of fused-ring (bicyclic) bond motifs is 15. The first-order valence-corrected chi connectivity index (χ1v) is 24.8. The van der Waals surface area contributed by atoms with Gasteiger partial charge in [0.15, 0.2) is 0 Å². The summed E-state index contributed by atoms with van der Waals surface area (Å²) < 4.78 is 2.82. The Hall–Kier alpha value is -6.14. The van der Waals surface area contributed by atoms with Crippen molar-refractivity contribution in [3.63, 3.8) is 0 Å². The number of anilines is 3. The lowest BCUT2D eigenvalue weighted by Gasteiger charge is -2.43. The molecule has 0 spiro atoms. The van der Waals surface area contributed by atoms with Crippen LogP contribution in [0, 0.1) is 0 Å². The highest BCUT2D eigenvalue weighted by atomic mass is 32.2. The average molecular weight is 871 g/mol. The van der Waals surface area contributed by atoms with E-state index in [0.717, 1.165) is 0 Å². The molecule has 5 heteroatoms. The molecule has 0 N–H and O–H groups in total. The molecule has 0 atom stereocenters. The maximum absolute atomic E-state index is 2.82. The lowest BCUT2D eigenvalue weighted by molar-refractivity contribution is 0.590. The van der Waals surface area contributed by atoms with E-state index in [9.17, 15) is 0 Å². The maximum atomic E-state index is 2.82. The Morgan fingerprint density at radius 1 is 0.492 bits per heavy atom. The topological polar surface area (TPSA) is 8.17 Å². The molecule has 312 valence electrons. The standard InChI is InChI=1S/C60H47BN2S2/c1-58(2,3)35-28-29-45(40(30-35)34-18-9-8-10-19-34)62-46-33-51-50(64-48-26-15-16-27-49(48)65-51)32-44(46)61-55-47(62)31-41-36-20-11-13-24-42(36)59(4,5)53(41)52(55)38-22-17-23-39-54-57(63(61)56(38)39)37-21-12-14-25-43(37)60(54,6)7/h8-33H,1-7H3. The fourth-order valence-electron chi connectivity index (χ4n) is 12.6. The summed E-state index contributed by atoms with van der Waals surface area (Å²) in [6, 6.07) is 60.8.